The van der Waals surface area contributed by atoms with Crippen molar-refractivity contribution in [1.82, 2.24) is 20.2 Å². The van der Waals surface area contributed by atoms with Gasteiger partial charge in [0.25, 0.3) is 0 Å². The maximum absolute atomic E-state index is 10.7. The lowest BCUT2D eigenvalue weighted by molar-refractivity contribution is 0.0677. The van der Waals surface area contributed by atoms with Gasteiger partial charge in [-0.3, -0.25) is 0 Å². The molecule has 0 fully saturated rings. The third-order valence-electron chi connectivity index (χ3n) is 4.67. The number of nitrogens with zero attached hydrogens (tertiary/aromatic N) is 3. The van der Waals surface area contributed by atoms with Crippen molar-refractivity contribution in [1.29, 1.82) is 0 Å². The molecule has 0 aliphatic carbocycles. The maximum Gasteiger partial charge on any atom is 0.191 e. The van der Waals surface area contributed by atoms with Crippen LogP contribution in [0, 0.1) is 0 Å². The molecule has 0 amide bonds. The zero-order chi connectivity index (χ0) is 20.5. The molecule has 2 aromatic heterocycles. The molecule has 3 rings (SSSR count). The van der Waals surface area contributed by atoms with Gasteiger partial charge in [0.15, 0.2) is 5.96 Å². The first kappa shape index (κ1) is 21.1. The first-order chi connectivity index (χ1) is 14.1. The molecule has 3 aromatic rings. The Hall–Kier alpha value is -2.64. The van der Waals surface area contributed by atoms with E-state index in [0.717, 1.165) is 30.9 Å². The van der Waals surface area contributed by atoms with Gasteiger partial charge in [-0.2, -0.15) is 11.3 Å². The average Bonchev–Trinajstić information content (AvgIpc) is 3.40. The predicted octanol–water partition coefficient (Wildman–Crippen LogP) is 3.00. The fourth-order valence-electron chi connectivity index (χ4n) is 3.02. The Kier molecular flexibility index (Phi) is 7.43. The third kappa shape index (κ3) is 6.17. The molecule has 0 saturated heterocycles. The van der Waals surface area contributed by atoms with Crippen molar-refractivity contribution in [3.8, 4) is 0 Å². The SMILES string of the molecule is CCNC(=NCC(C)(O)c1ccsc1)NCCc1nccn1Cc1ccccc1. The van der Waals surface area contributed by atoms with Crippen molar-refractivity contribution >= 4 is 17.3 Å². The summed E-state index contributed by atoms with van der Waals surface area (Å²) in [6.45, 7) is 6.39. The highest BCUT2D eigenvalue weighted by Crippen LogP contribution is 2.23. The zero-order valence-corrected chi connectivity index (χ0v) is 17.8. The van der Waals surface area contributed by atoms with E-state index >= 15 is 0 Å². The highest BCUT2D eigenvalue weighted by Gasteiger charge is 2.23. The van der Waals surface area contributed by atoms with Crippen LogP contribution in [0.1, 0.15) is 30.8 Å². The van der Waals surface area contributed by atoms with E-state index in [1.807, 2.05) is 42.2 Å². The number of aliphatic hydroxyl groups is 1. The number of rotatable bonds is 9. The lowest BCUT2D eigenvalue weighted by Crippen LogP contribution is -2.39. The first-order valence-corrected chi connectivity index (χ1v) is 10.8. The van der Waals surface area contributed by atoms with Crippen molar-refractivity contribution in [2.75, 3.05) is 19.6 Å². The summed E-state index contributed by atoms with van der Waals surface area (Å²) in [5.74, 6) is 1.73. The summed E-state index contributed by atoms with van der Waals surface area (Å²) in [4.78, 5) is 9.07. The normalized spacial score (nSPS) is 13.8. The molecule has 0 spiro atoms. The van der Waals surface area contributed by atoms with Gasteiger partial charge in [-0.05, 0) is 41.8 Å². The Balaban J connectivity index is 1.55. The second-order valence-corrected chi connectivity index (χ2v) is 7.89. The van der Waals surface area contributed by atoms with Crippen LogP contribution in [0.4, 0.5) is 0 Å². The van der Waals surface area contributed by atoms with E-state index in [9.17, 15) is 5.11 Å². The largest absolute Gasteiger partial charge is 0.383 e. The minimum atomic E-state index is -0.978. The van der Waals surface area contributed by atoms with Crippen LogP contribution in [0.3, 0.4) is 0 Å². The molecule has 3 N–H and O–H groups in total. The quantitative estimate of drug-likeness (QED) is 0.374. The Morgan fingerprint density at radius 3 is 2.79 bits per heavy atom. The molecule has 0 saturated carbocycles. The molecule has 1 atom stereocenters. The number of aliphatic imine (C=N–C) groups is 1. The first-order valence-electron chi connectivity index (χ1n) is 9.89. The second kappa shape index (κ2) is 10.2. The molecule has 0 aliphatic rings. The van der Waals surface area contributed by atoms with Crippen LogP contribution in [-0.2, 0) is 18.6 Å². The maximum atomic E-state index is 10.7. The fourth-order valence-corrected chi connectivity index (χ4v) is 3.80. The van der Waals surface area contributed by atoms with E-state index in [1.54, 1.807) is 18.3 Å². The van der Waals surface area contributed by atoms with Crippen molar-refractivity contribution in [3.05, 3.63) is 76.5 Å². The Morgan fingerprint density at radius 2 is 2.07 bits per heavy atom. The van der Waals surface area contributed by atoms with E-state index in [2.05, 4.69) is 49.4 Å². The minimum absolute atomic E-state index is 0.293. The highest BCUT2D eigenvalue weighted by molar-refractivity contribution is 7.08. The highest BCUT2D eigenvalue weighted by atomic mass is 32.1. The number of hydrogen-bond donors (Lipinski definition) is 3. The molecule has 1 aromatic carbocycles. The van der Waals surface area contributed by atoms with Gasteiger partial charge in [0, 0.05) is 38.4 Å². The lowest BCUT2D eigenvalue weighted by atomic mass is 10.00. The number of thiophene rings is 1. The van der Waals surface area contributed by atoms with Gasteiger partial charge in [0.2, 0.25) is 0 Å². The molecule has 29 heavy (non-hydrogen) atoms. The van der Waals surface area contributed by atoms with Gasteiger partial charge < -0.3 is 20.3 Å². The molecule has 0 aliphatic heterocycles. The van der Waals surface area contributed by atoms with E-state index in [4.69, 9.17) is 0 Å². The molecule has 0 bridgehead atoms. The summed E-state index contributed by atoms with van der Waals surface area (Å²) in [5, 5.41) is 21.2. The van der Waals surface area contributed by atoms with Crippen molar-refractivity contribution in [3.63, 3.8) is 0 Å². The van der Waals surface area contributed by atoms with E-state index in [1.165, 1.54) is 5.56 Å². The van der Waals surface area contributed by atoms with Crippen LogP contribution in [0.2, 0.25) is 0 Å². The molecular formula is C22H29N5OS. The lowest BCUT2D eigenvalue weighted by Gasteiger charge is -2.21. The molecule has 0 radical (unpaired) electrons. The molecule has 2 heterocycles. The summed E-state index contributed by atoms with van der Waals surface area (Å²) in [5.41, 5.74) is 1.17. The van der Waals surface area contributed by atoms with Crippen molar-refractivity contribution in [2.24, 2.45) is 4.99 Å². The summed E-state index contributed by atoms with van der Waals surface area (Å²) in [7, 11) is 0. The number of aromatic nitrogens is 2. The van der Waals surface area contributed by atoms with Gasteiger partial charge in [-0.25, -0.2) is 9.98 Å². The Morgan fingerprint density at radius 1 is 1.24 bits per heavy atom. The van der Waals surface area contributed by atoms with E-state index < -0.39 is 5.60 Å². The van der Waals surface area contributed by atoms with Crippen LogP contribution < -0.4 is 10.6 Å². The number of guanidine groups is 1. The summed E-state index contributed by atoms with van der Waals surface area (Å²) >= 11 is 1.58. The summed E-state index contributed by atoms with van der Waals surface area (Å²) < 4.78 is 2.17. The van der Waals surface area contributed by atoms with E-state index in [-0.39, 0.29) is 0 Å². The fraction of sp³-hybridized carbons (Fsp3) is 0.364. The predicted molar refractivity (Wildman–Crippen MR) is 119 cm³/mol. The minimum Gasteiger partial charge on any atom is -0.383 e. The molecule has 1 unspecified atom stereocenters. The zero-order valence-electron chi connectivity index (χ0n) is 17.0. The Labute approximate surface area is 176 Å². The standard InChI is InChI=1S/C22H29N5OS/c1-3-23-21(26-17-22(2,28)19-10-14-29-16-19)25-11-9-20-24-12-13-27(20)15-18-7-5-4-6-8-18/h4-8,10,12-14,16,28H,3,9,11,15,17H2,1-2H3,(H2,23,25,26). The van der Waals surface area contributed by atoms with Gasteiger partial charge in [-0.1, -0.05) is 30.3 Å². The van der Waals surface area contributed by atoms with Gasteiger partial charge in [0.1, 0.15) is 11.4 Å². The van der Waals surface area contributed by atoms with Gasteiger partial charge >= 0.3 is 0 Å². The second-order valence-electron chi connectivity index (χ2n) is 7.11. The molecule has 7 heteroatoms. The molecular weight excluding hydrogens is 382 g/mol. The number of imidazole rings is 1. The summed E-state index contributed by atoms with van der Waals surface area (Å²) in [6.07, 6.45) is 4.64. The smallest absolute Gasteiger partial charge is 0.191 e. The van der Waals surface area contributed by atoms with Crippen LogP contribution >= 0.6 is 11.3 Å². The van der Waals surface area contributed by atoms with Crippen LogP contribution in [0.25, 0.3) is 0 Å². The number of hydrogen-bond acceptors (Lipinski definition) is 4. The topological polar surface area (TPSA) is 74.5 Å². The number of nitrogens with one attached hydrogen (secondary N) is 2. The Bertz CT molecular complexity index is 887. The van der Waals surface area contributed by atoms with Crippen molar-refractivity contribution < 1.29 is 5.11 Å². The van der Waals surface area contributed by atoms with Crippen LogP contribution in [-0.4, -0.2) is 40.3 Å². The van der Waals surface area contributed by atoms with Crippen molar-refractivity contribution in [2.45, 2.75) is 32.4 Å². The van der Waals surface area contributed by atoms with Crippen LogP contribution in [0.5, 0.6) is 0 Å². The monoisotopic (exact) mass is 411 g/mol. The van der Waals surface area contributed by atoms with E-state index in [0.29, 0.717) is 19.0 Å². The number of benzene rings is 1. The van der Waals surface area contributed by atoms with Gasteiger partial charge in [0.05, 0.1) is 6.54 Å². The third-order valence-corrected chi connectivity index (χ3v) is 5.35. The molecule has 6 nitrogen and oxygen atoms in total. The molecule has 154 valence electrons. The summed E-state index contributed by atoms with van der Waals surface area (Å²) in [6, 6.07) is 12.3. The van der Waals surface area contributed by atoms with Gasteiger partial charge in [-0.15, -0.1) is 0 Å². The average molecular weight is 412 g/mol. The van der Waals surface area contributed by atoms with Crippen LogP contribution in [0.15, 0.2) is 64.5 Å².